The molecule has 0 bridgehead atoms. The number of ether oxygens (including phenoxy) is 1. The summed E-state index contributed by atoms with van der Waals surface area (Å²) in [5, 5.41) is 0. The van der Waals surface area contributed by atoms with E-state index in [1.165, 1.54) is 32.6 Å². The Bertz CT molecular complexity index is 293. The van der Waals surface area contributed by atoms with Crippen molar-refractivity contribution in [2.45, 2.75) is 52.4 Å². The molecule has 0 N–H and O–H groups in total. The van der Waals surface area contributed by atoms with Crippen molar-refractivity contribution >= 4 is 5.97 Å². The Morgan fingerprint density at radius 2 is 2.33 bits per heavy atom. The van der Waals surface area contributed by atoms with Gasteiger partial charge >= 0.3 is 5.97 Å². The minimum Gasteiger partial charge on any atom is -0.432 e. The quantitative estimate of drug-likeness (QED) is 0.617. The van der Waals surface area contributed by atoms with Gasteiger partial charge in [0.1, 0.15) is 5.76 Å². The Hall–Kier alpha value is -0.790. The molecule has 84 valence electrons. The summed E-state index contributed by atoms with van der Waals surface area (Å²) in [5.41, 5.74) is 0.474. The second kappa shape index (κ2) is 3.99. The third-order valence-electron chi connectivity index (χ3n) is 4.05. The van der Waals surface area contributed by atoms with Gasteiger partial charge in [0.2, 0.25) is 0 Å². The zero-order chi connectivity index (χ0) is 10.9. The normalized spacial score (nSPS) is 35.3. The molecule has 0 heterocycles. The molecule has 2 rings (SSSR count). The SMILES string of the molecule is CC(=O)OC1=CC[C@@]2(C)CCCC[C@H]2C1. The first-order valence-electron chi connectivity index (χ1n) is 5.98. The molecule has 15 heavy (non-hydrogen) atoms. The smallest absolute Gasteiger partial charge is 0.307 e. The van der Waals surface area contributed by atoms with Gasteiger partial charge in [0.25, 0.3) is 0 Å². The van der Waals surface area contributed by atoms with Crippen molar-refractivity contribution in [3.05, 3.63) is 11.8 Å². The van der Waals surface area contributed by atoms with Crippen molar-refractivity contribution in [3.63, 3.8) is 0 Å². The maximum atomic E-state index is 10.9. The Morgan fingerprint density at radius 3 is 3.07 bits per heavy atom. The van der Waals surface area contributed by atoms with E-state index in [4.69, 9.17) is 4.74 Å². The summed E-state index contributed by atoms with van der Waals surface area (Å²) in [4.78, 5) is 10.9. The summed E-state index contributed by atoms with van der Waals surface area (Å²) in [6, 6.07) is 0. The summed E-state index contributed by atoms with van der Waals surface area (Å²) >= 11 is 0. The van der Waals surface area contributed by atoms with Crippen LogP contribution in [0.3, 0.4) is 0 Å². The second-order valence-electron chi connectivity index (χ2n) is 5.27. The molecule has 0 saturated heterocycles. The minimum atomic E-state index is -0.180. The Balaban J connectivity index is 2.06. The van der Waals surface area contributed by atoms with E-state index in [-0.39, 0.29) is 5.97 Å². The van der Waals surface area contributed by atoms with E-state index in [1.807, 2.05) is 0 Å². The van der Waals surface area contributed by atoms with Crippen LogP contribution in [-0.4, -0.2) is 5.97 Å². The Kier molecular flexibility index (Phi) is 2.85. The molecule has 0 aromatic carbocycles. The highest BCUT2D eigenvalue weighted by Gasteiger charge is 2.38. The molecule has 2 heteroatoms. The second-order valence-corrected chi connectivity index (χ2v) is 5.27. The van der Waals surface area contributed by atoms with Crippen LogP contribution in [0.15, 0.2) is 11.8 Å². The van der Waals surface area contributed by atoms with Gasteiger partial charge in [-0.25, -0.2) is 0 Å². The van der Waals surface area contributed by atoms with Crippen LogP contribution >= 0.6 is 0 Å². The van der Waals surface area contributed by atoms with Crippen molar-refractivity contribution < 1.29 is 9.53 Å². The first-order chi connectivity index (χ1) is 7.10. The summed E-state index contributed by atoms with van der Waals surface area (Å²) in [6.45, 7) is 3.87. The zero-order valence-corrected chi connectivity index (χ0v) is 9.71. The average Bonchev–Trinajstić information content (AvgIpc) is 2.17. The van der Waals surface area contributed by atoms with Gasteiger partial charge in [-0.05, 0) is 36.7 Å². The standard InChI is InChI=1S/C13H20O2/c1-10(14)15-12-6-8-13(2)7-4-3-5-11(13)9-12/h6,11H,3-5,7-9H2,1-2H3/t11-,13+/m0/s1. The number of rotatable bonds is 1. The highest BCUT2D eigenvalue weighted by molar-refractivity contribution is 5.67. The number of hydrogen-bond acceptors (Lipinski definition) is 2. The van der Waals surface area contributed by atoms with Gasteiger partial charge in [-0.3, -0.25) is 4.79 Å². The number of fused-ring (bicyclic) bond motifs is 1. The number of carbonyl (C=O) groups is 1. The summed E-state index contributed by atoms with van der Waals surface area (Å²) in [6.07, 6.45) is 9.52. The van der Waals surface area contributed by atoms with Crippen LogP contribution in [0.5, 0.6) is 0 Å². The fraction of sp³-hybridized carbons (Fsp3) is 0.769. The van der Waals surface area contributed by atoms with Crippen molar-refractivity contribution in [3.8, 4) is 0 Å². The number of allylic oxidation sites excluding steroid dienone is 2. The molecule has 0 unspecified atom stereocenters. The van der Waals surface area contributed by atoms with E-state index in [1.54, 1.807) is 0 Å². The molecule has 2 atom stereocenters. The lowest BCUT2D eigenvalue weighted by atomic mass is 9.62. The number of carbonyl (C=O) groups excluding carboxylic acids is 1. The molecular weight excluding hydrogens is 188 g/mol. The van der Waals surface area contributed by atoms with Crippen LogP contribution in [0.2, 0.25) is 0 Å². The van der Waals surface area contributed by atoms with Crippen LogP contribution in [0.4, 0.5) is 0 Å². The van der Waals surface area contributed by atoms with E-state index < -0.39 is 0 Å². The number of hydrogen-bond donors (Lipinski definition) is 0. The molecule has 0 aromatic rings. The molecule has 2 aliphatic rings. The van der Waals surface area contributed by atoms with Crippen molar-refractivity contribution in [2.75, 3.05) is 0 Å². The minimum absolute atomic E-state index is 0.180. The van der Waals surface area contributed by atoms with Crippen molar-refractivity contribution in [2.24, 2.45) is 11.3 Å². The van der Waals surface area contributed by atoms with E-state index in [2.05, 4.69) is 13.0 Å². The maximum absolute atomic E-state index is 10.9. The summed E-state index contributed by atoms with van der Waals surface area (Å²) in [5.74, 6) is 1.46. The molecule has 0 spiro atoms. The highest BCUT2D eigenvalue weighted by atomic mass is 16.5. The maximum Gasteiger partial charge on any atom is 0.307 e. The van der Waals surface area contributed by atoms with Crippen LogP contribution in [0.1, 0.15) is 52.4 Å². The van der Waals surface area contributed by atoms with Gasteiger partial charge in [0, 0.05) is 13.3 Å². The van der Waals surface area contributed by atoms with Gasteiger partial charge in [0.15, 0.2) is 0 Å². The van der Waals surface area contributed by atoms with E-state index in [9.17, 15) is 4.79 Å². The van der Waals surface area contributed by atoms with Gasteiger partial charge < -0.3 is 4.74 Å². The summed E-state index contributed by atoms with van der Waals surface area (Å²) < 4.78 is 5.21. The molecule has 1 saturated carbocycles. The molecule has 2 nitrogen and oxygen atoms in total. The predicted molar refractivity (Wildman–Crippen MR) is 59.1 cm³/mol. The highest BCUT2D eigenvalue weighted by Crippen LogP contribution is 2.49. The van der Waals surface area contributed by atoms with Gasteiger partial charge in [-0.2, -0.15) is 0 Å². The lowest BCUT2D eigenvalue weighted by Crippen LogP contribution is -2.33. The van der Waals surface area contributed by atoms with Crippen molar-refractivity contribution in [1.82, 2.24) is 0 Å². The van der Waals surface area contributed by atoms with Crippen molar-refractivity contribution in [1.29, 1.82) is 0 Å². The molecule has 1 fully saturated rings. The lowest BCUT2D eigenvalue weighted by Gasteiger charge is -2.44. The van der Waals surface area contributed by atoms with E-state index in [0.717, 1.165) is 24.5 Å². The van der Waals surface area contributed by atoms with Gasteiger partial charge in [0.05, 0.1) is 0 Å². The van der Waals surface area contributed by atoms with E-state index >= 15 is 0 Å². The first-order valence-corrected chi connectivity index (χ1v) is 5.98. The molecule has 2 aliphatic carbocycles. The zero-order valence-electron chi connectivity index (χ0n) is 9.71. The average molecular weight is 208 g/mol. The molecular formula is C13H20O2. The van der Waals surface area contributed by atoms with E-state index in [0.29, 0.717) is 5.41 Å². The topological polar surface area (TPSA) is 26.3 Å². The van der Waals surface area contributed by atoms with Crippen LogP contribution < -0.4 is 0 Å². The lowest BCUT2D eigenvalue weighted by molar-refractivity contribution is -0.137. The predicted octanol–water partition coefficient (Wildman–Crippen LogP) is 3.42. The van der Waals surface area contributed by atoms with Crippen LogP contribution in [0.25, 0.3) is 0 Å². The number of esters is 1. The Labute approximate surface area is 91.7 Å². The fourth-order valence-electron chi connectivity index (χ4n) is 3.03. The summed E-state index contributed by atoms with van der Waals surface area (Å²) in [7, 11) is 0. The molecule has 0 aromatic heterocycles. The monoisotopic (exact) mass is 208 g/mol. The third kappa shape index (κ3) is 2.24. The molecule has 0 amide bonds. The van der Waals surface area contributed by atoms with Crippen LogP contribution in [-0.2, 0) is 9.53 Å². The fourth-order valence-corrected chi connectivity index (χ4v) is 3.03. The third-order valence-corrected chi connectivity index (χ3v) is 4.05. The molecule has 0 radical (unpaired) electrons. The molecule has 0 aliphatic heterocycles. The largest absolute Gasteiger partial charge is 0.432 e. The van der Waals surface area contributed by atoms with Gasteiger partial charge in [-0.1, -0.05) is 19.8 Å². The van der Waals surface area contributed by atoms with Crippen LogP contribution in [0, 0.1) is 11.3 Å². The first kappa shape index (κ1) is 10.7. The van der Waals surface area contributed by atoms with Gasteiger partial charge in [-0.15, -0.1) is 0 Å². The Morgan fingerprint density at radius 1 is 1.53 bits per heavy atom.